The lowest BCUT2D eigenvalue weighted by Crippen LogP contribution is -2.28. The number of fused-ring (bicyclic) bond motifs is 1. The van der Waals surface area contributed by atoms with Crippen LogP contribution in [0.1, 0.15) is 6.42 Å². The molecule has 94 valence electrons. The molecule has 1 aliphatic heterocycles. The van der Waals surface area contributed by atoms with Crippen LogP contribution >= 0.6 is 27.3 Å². The Hall–Kier alpha value is -1.21. The molecule has 7 heteroatoms. The molecule has 0 radical (unpaired) electrons. The lowest BCUT2D eigenvalue weighted by molar-refractivity contribution is -0.121. The lowest BCUT2D eigenvalue weighted by atomic mass is 10.1. The molecular formula is C11H11BrN4OS. The van der Waals surface area contributed by atoms with Crippen LogP contribution in [0.5, 0.6) is 0 Å². The van der Waals surface area contributed by atoms with Gasteiger partial charge in [0.25, 0.3) is 0 Å². The first kappa shape index (κ1) is 11.9. The highest BCUT2D eigenvalue weighted by molar-refractivity contribution is 9.10. The molecule has 0 bridgehead atoms. The molecule has 1 fully saturated rings. The summed E-state index contributed by atoms with van der Waals surface area (Å²) in [5.41, 5.74) is 6.25. The molecule has 1 aliphatic rings. The Morgan fingerprint density at radius 1 is 1.61 bits per heavy atom. The molecule has 3 heterocycles. The van der Waals surface area contributed by atoms with Gasteiger partial charge < -0.3 is 10.6 Å². The van der Waals surface area contributed by atoms with Crippen molar-refractivity contribution in [3.8, 4) is 0 Å². The number of nitrogens with two attached hydrogens (primary N) is 1. The molecule has 1 amide bonds. The molecule has 1 atom stereocenters. The Morgan fingerprint density at radius 3 is 3.17 bits per heavy atom. The summed E-state index contributed by atoms with van der Waals surface area (Å²) in [6, 6.07) is 0. The van der Waals surface area contributed by atoms with E-state index in [2.05, 4.69) is 25.9 Å². The summed E-state index contributed by atoms with van der Waals surface area (Å²) in [7, 11) is 0. The summed E-state index contributed by atoms with van der Waals surface area (Å²) < 4.78 is 2.04. The number of hydrogen-bond acceptors (Lipinski definition) is 5. The summed E-state index contributed by atoms with van der Waals surface area (Å²) >= 11 is 5.08. The third-order valence-electron chi connectivity index (χ3n) is 3.13. The zero-order valence-electron chi connectivity index (χ0n) is 9.47. The maximum atomic E-state index is 11.2. The zero-order valence-corrected chi connectivity index (χ0v) is 11.9. The molecule has 0 saturated carbocycles. The van der Waals surface area contributed by atoms with Crippen molar-refractivity contribution in [2.75, 3.05) is 18.0 Å². The third-order valence-corrected chi connectivity index (χ3v) is 4.95. The monoisotopic (exact) mass is 326 g/mol. The van der Waals surface area contributed by atoms with Gasteiger partial charge in [-0.15, -0.1) is 11.3 Å². The number of carbonyl (C=O) groups is 1. The molecule has 5 nitrogen and oxygen atoms in total. The average molecular weight is 327 g/mol. The molecule has 2 N–H and O–H groups in total. The molecule has 0 spiro atoms. The SMILES string of the molecule is NC(=O)C1CCN(c2ncc3scc(Br)c3n2)C1. The Balaban J connectivity index is 1.91. The van der Waals surface area contributed by atoms with E-state index in [1.54, 1.807) is 11.3 Å². The summed E-state index contributed by atoms with van der Waals surface area (Å²) in [6.45, 7) is 1.39. The summed E-state index contributed by atoms with van der Waals surface area (Å²) in [4.78, 5) is 22.1. The van der Waals surface area contributed by atoms with Crippen molar-refractivity contribution in [2.45, 2.75) is 6.42 Å². The van der Waals surface area contributed by atoms with Gasteiger partial charge in [0.1, 0.15) is 5.52 Å². The van der Waals surface area contributed by atoms with Gasteiger partial charge >= 0.3 is 0 Å². The molecule has 18 heavy (non-hydrogen) atoms. The van der Waals surface area contributed by atoms with Crippen molar-refractivity contribution in [3.05, 3.63) is 16.0 Å². The predicted octanol–water partition coefficient (Wildman–Crippen LogP) is 1.77. The van der Waals surface area contributed by atoms with Crippen molar-refractivity contribution in [2.24, 2.45) is 11.7 Å². The zero-order chi connectivity index (χ0) is 12.7. The molecule has 0 aliphatic carbocycles. The second-order valence-corrected chi connectivity index (χ2v) is 6.07. The molecular weight excluding hydrogens is 316 g/mol. The number of primary amides is 1. The fraction of sp³-hybridized carbons (Fsp3) is 0.364. The summed E-state index contributed by atoms with van der Waals surface area (Å²) in [6.07, 6.45) is 2.60. The van der Waals surface area contributed by atoms with Crippen molar-refractivity contribution >= 4 is 49.3 Å². The number of anilines is 1. The van der Waals surface area contributed by atoms with Crippen molar-refractivity contribution < 1.29 is 4.79 Å². The predicted molar refractivity (Wildman–Crippen MR) is 74.6 cm³/mol. The van der Waals surface area contributed by atoms with Gasteiger partial charge in [-0.05, 0) is 22.4 Å². The van der Waals surface area contributed by atoms with E-state index in [1.165, 1.54) is 0 Å². The fourth-order valence-corrected chi connectivity index (χ4v) is 3.55. The average Bonchev–Trinajstić information content (AvgIpc) is 2.96. The van der Waals surface area contributed by atoms with E-state index >= 15 is 0 Å². The van der Waals surface area contributed by atoms with Crippen LogP contribution in [0.25, 0.3) is 10.2 Å². The van der Waals surface area contributed by atoms with Gasteiger partial charge in [0.05, 0.1) is 21.3 Å². The van der Waals surface area contributed by atoms with Crippen LogP contribution in [0.15, 0.2) is 16.0 Å². The van der Waals surface area contributed by atoms with E-state index in [0.29, 0.717) is 12.5 Å². The Kier molecular flexibility index (Phi) is 2.95. The number of amides is 1. The quantitative estimate of drug-likeness (QED) is 0.912. The second-order valence-electron chi connectivity index (χ2n) is 4.30. The van der Waals surface area contributed by atoms with Gasteiger partial charge in [-0.1, -0.05) is 0 Å². The lowest BCUT2D eigenvalue weighted by Gasteiger charge is -2.15. The van der Waals surface area contributed by atoms with Gasteiger partial charge in [0.15, 0.2) is 0 Å². The minimum atomic E-state index is -0.240. The van der Waals surface area contributed by atoms with Crippen LogP contribution in [0.3, 0.4) is 0 Å². The van der Waals surface area contributed by atoms with Crippen molar-refractivity contribution in [1.29, 1.82) is 0 Å². The van der Waals surface area contributed by atoms with Crippen molar-refractivity contribution in [1.82, 2.24) is 9.97 Å². The molecule has 2 aromatic heterocycles. The Bertz CT molecular complexity index is 614. The first-order valence-electron chi connectivity index (χ1n) is 5.59. The van der Waals surface area contributed by atoms with Crippen LogP contribution in [-0.4, -0.2) is 29.0 Å². The molecule has 0 aromatic carbocycles. The first-order valence-corrected chi connectivity index (χ1v) is 7.26. The maximum absolute atomic E-state index is 11.2. The standard InChI is InChI=1S/C11H11BrN4OS/c12-7-5-18-8-3-14-11(15-9(7)8)16-2-1-6(4-16)10(13)17/h3,5-6H,1-2,4H2,(H2,13,17). The highest BCUT2D eigenvalue weighted by atomic mass is 79.9. The normalized spacial score (nSPS) is 19.6. The number of hydrogen-bond donors (Lipinski definition) is 1. The van der Waals surface area contributed by atoms with Gasteiger partial charge in [-0.25, -0.2) is 9.97 Å². The third kappa shape index (κ3) is 1.97. The minimum absolute atomic E-state index is 0.0878. The highest BCUT2D eigenvalue weighted by Gasteiger charge is 2.28. The smallest absolute Gasteiger partial charge is 0.225 e. The van der Waals surface area contributed by atoms with Gasteiger partial charge in [0, 0.05) is 18.5 Å². The number of carbonyl (C=O) groups excluding carboxylic acids is 1. The number of thiophene rings is 1. The van der Waals surface area contributed by atoms with Crippen molar-refractivity contribution in [3.63, 3.8) is 0 Å². The number of rotatable bonds is 2. The van der Waals surface area contributed by atoms with Crippen LogP contribution in [-0.2, 0) is 4.79 Å². The largest absolute Gasteiger partial charge is 0.369 e. The van der Waals surface area contributed by atoms with Gasteiger partial charge in [-0.2, -0.15) is 0 Å². The van der Waals surface area contributed by atoms with Crippen LogP contribution in [0.4, 0.5) is 5.95 Å². The molecule has 3 rings (SSSR count). The summed E-state index contributed by atoms with van der Waals surface area (Å²) in [5.74, 6) is 0.343. The summed E-state index contributed by atoms with van der Waals surface area (Å²) in [5, 5.41) is 2.00. The van der Waals surface area contributed by atoms with E-state index in [-0.39, 0.29) is 11.8 Å². The molecule has 1 unspecified atom stereocenters. The second kappa shape index (κ2) is 4.47. The van der Waals surface area contributed by atoms with E-state index in [9.17, 15) is 4.79 Å². The van der Waals surface area contributed by atoms with Crippen LogP contribution in [0, 0.1) is 5.92 Å². The van der Waals surface area contributed by atoms with E-state index in [4.69, 9.17) is 5.73 Å². The fourth-order valence-electron chi connectivity index (χ4n) is 2.12. The molecule has 2 aromatic rings. The number of halogens is 1. The first-order chi connectivity index (χ1) is 8.65. The van der Waals surface area contributed by atoms with E-state index in [0.717, 1.165) is 27.7 Å². The minimum Gasteiger partial charge on any atom is -0.369 e. The van der Waals surface area contributed by atoms with E-state index in [1.807, 2.05) is 16.5 Å². The van der Waals surface area contributed by atoms with Gasteiger partial charge in [0.2, 0.25) is 11.9 Å². The van der Waals surface area contributed by atoms with Crippen LogP contribution < -0.4 is 10.6 Å². The maximum Gasteiger partial charge on any atom is 0.225 e. The Labute approximate surface area is 116 Å². The van der Waals surface area contributed by atoms with E-state index < -0.39 is 0 Å². The van der Waals surface area contributed by atoms with Crippen LogP contribution in [0.2, 0.25) is 0 Å². The Morgan fingerprint density at radius 2 is 2.44 bits per heavy atom. The van der Waals surface area contributed by atoms with Gasteiger partial charge in [-0.3, -0.25) is 4.79 Å². The number of aromatic nitrogens is 2. The topological polar surface area (TPSA) is 72.1 Å². The molecule has 1 saturated heterocycles. The highest BCUT2D eigenvalue weighted by Crippen LogP contribution is 2.30. The number of nitrogens with zero attached hydrogens (tertiary/aromatic N) is 3.